The van der Waals surface area contributed by atoms with Gasteiger partial charge in [0.2, 0.25) is 12.6 Å². The first-order chi connectivity index (χ1) is 46.4. The Kier molecular flexibility index (Phi) is 34.0. The molecule has 6 saturated heterocycles. The van der Waals surface area contributed by atoms with Crippen LogP contribution in [0.2, 0.25) is 18.1 Å². The Labute approximate surface area is 581 Å². The quantitative estimate of drug-likeness (QED) is 0.0411. The molecule has 0 radical (unpaired) electrons. The van der Waals surface area contributed by atoms with E-state index in [0.717, 1.165) is 0 Å². The van der Waals surface area contributed by atoms with E-state index in [1.165, 1.54) is 55.4 Å². The maximum absolute atomic E-state index is 13.6. The molecular formula is C64H107FO34Si. The number of hydrogen-bond acceptors (Lipinski definition) is 34. The van der Waals surface area contributed by atoms with E-state index in [1.54, 1.807) is 13.8 Å². The smallest absolute Gasteiger partial charge is 0.303 e. The molecule has 34 nitrogen and oxygen atoms in total. The average molecular weight is 1470 g/mol. The van der Waals surface area contributed by atoms with Crippen LogP contribution < -0.4 is 0 Å². The molecule has 15 unspecified atom stereocenters. The van der Waals surface area contributed by atoms with Crippen LogP contribution in [0.15, 0.2) is 0 Å². The lowest BCUT2D eigenvalue weighted by Gasteiger charge is -2.48. The first-order valence-corrected chi connectivity index (χ1v) is 36.2. The molecule has 6 rings (SSSR count). The third-order valence-corrected chi connectivity index (χ3v) is 22.7. The lowest BCUT2D eigenvalue weighted by atomic mass is 9.88. The molecule has 0 spiro atoms. The van der Waals surface area contributed by atoms with Crippen LogP contribution in [0.3, 0.4) is 0 Å². The Morgan fingerprint density at radius 3 is 1.09 bits per heavy atom. The molecule has 0 saturated carbocycles. The third kappa shape index (κ3) is 23.6. The van der Waals surface area contributed by atoms with Crippen LogP contribution >= 0.6 is 0 Å². The summed E-state index contributed by atoms with van der Waals surface area (Å²) in [5.74, 6) is -6.68. The molecule has 0 amide bonds. The predicted molar refractivity (Wildman–Crippen MR) is 336 cm³/mol. The number of rotatable bonds is 22. The maximum atomic E-state index is 13.6. The van der Waals surface area contributed by atoms with Crippen molar-refractivity contribution in [3.8, 4) is 0 Å². The normalized spacial score (nSPS) is 39.1. The minimum absolute atomic E-state index is 0.0440. The Bertz CT molecular complexity index is 2610. The van der Waals surface area contributed by atoms with E-state index in [2.05, 4.69) is 33.9 Å². The van der Waals surface area contributed by atoms with Crippen LogP contribution in [0.1, 0.15) is 131 Å². The first-order valence-electron chi connectivity index (χ1n) is 33.3. The minimum atomic E-state index is -2.27. The van der Waals surface area contributed by atoms with Gasteiger partial charge in [-0.3, -0.25) is 38.4 Å². The predicted octanol–water partition coefficient (Wildman–Crippen LogP) is 0.318. The SMILES string of the molecule is CCC1O[C@H](O[C@H]2OC(COC(C)=O)[C@@H](O)C(OC(C)=O)C2C)C(OC(C)=O)[C@@H](OC(C)=O)[C@@H]1C.CCC1O[C@H](O[C@H]2OC(CO[Si](C)(C)C(C)(C)C)[C@@H](OC(C)=O)C(OC(C)=O)C2C)C(OC(C)=O)[C@@H](OC(C)=O)[C@@H]1C.OCC1O[C@H](O[C@H]2OC(CO)[C@@H](O)[C@H](O)C2O)C(O)C(O)[C@H]1F. The van der Waals surface area contributed by atoms with E-state index in [0.29, 0.717) is 12.8 Å². The van der Waals surface area contributed by atoms with Crippen molar-refractivity contribution in [3.05, 3.63) is 0 Å². The van der Waals surface area contributed by atoms with Gasteiger partial charge in [0.05, 0.1) is 32.0 Å². The second-order valence-electron chi connectivity index (χ2n) is 27.1. The summed E-state index contributed by atoms with van der Waals surface area (Å²) in [5, 5.41) is 77.1. The van der Waals surface area contributed by atoms with Crippen molar-refractivity contribution in [1.29, 1.82) is 0 Å². The number of carbonyl (C=O) groups is 8. The number of aliphatic hydroxyl groups is 8. The maximum Gasteiger partial charge on any atom is 0.303 e. The molecule has 0 bridgehead atoms. The van der Waals surface area contributed by atoms with Crippen LogP contribution in [-0.4, -0.2) is 283 Å². The Balaban J connectivity index is 0.000000331. The van der Waals surface area contributed by atoms with Crippen molar-refractivity contribution in [3.63, 3.8) is 0 Å². The zero-order chi connectivity index (χ0) is 75.9. The highest BCUT2D eigenvalue weighted by Gasteiger charge is 2.57. The molecule has 6 fully saturated rings. The van der Waals surface area contributed by atoms with Crippen LogP contribution in [0.5, 0.6) is 0 Å². The zero-order valence-electron chi connectivity index (χ0n) is 60.1. The fourth-order valence-corrected chi connectivity index (χ4v) is 12.8. The monoisotopic (exact) mass is 1470 g/mol. The van der Waals surface area contributed by atoms with Crippen LogP contribution in [0.4, 0.5) is 4.39 Å². The van der Waals surface area contributed by atoms with Gasteiger partial charge >= 0.3 is 47.8 Å². The number of ether oxygens (including phenoxy) is 17. The molecule has 36 heteroatoms. The average Bonchev–Trinajstić information content (AvgIpc) is 0.788. The fourth-order valence-electron chi connectivity index (χ4n) is 11.8. The molecule has 30 atom stereocenters. The molecule has 0 aromatic heterocycles. The molecule has 6 heterocycles. The molecule has 0 aromatic carbocycles. The van der Waals surface area contributed by atoms with Crippen molar-refractivity contribution in [1.82, 2.24) is 0 Å². The second kappa shape index (κ2) is 38.8. The zero-order valence-corrected chi connectivity index (χ0v) is 61.1. The van der Waals surface area contributed by atoms with Crippen LogP contribution in [-0.2, 0) is 123 Å². The Morgan fingerprint density at radius 1 is 0.370 bits per heavy atom. The summed E-state index contributed by atoms with van der Waals surface area (Å²) < 4.78 is 116. The summed E-state index contributed by atoms with van der Waals surface area (Å²) in [5.41, 5.74) is 0. The van der Waals surface area contributed by atoms with Crippen molar-refractivity contribution in [2.75, 3.05) is 26.4 Å². The highest BCUT2D eigenvalue weighted by Crippen LogP contribution is 2.42. The molecule has 6 aliphatic rings. The van der Waals surface area contributed by atoms with Gasteiger partial charge in [0.1, 0.15) is 92.1 Å². The Hall–Kier alpha value is -4.81. The van der Waals surface area contributed by atoms with E-state index in [1.807, 2.05) is 27.7 Å². The highest BCUT2D eigenvalue weighted by molar-refractivity contribution is 6.74. The molecular weight excluding hydrogens is 1360 g/mol. The van der Waals surface area contributed by atoms with Crippen molar-refractivity contribution >= 4 is 56.1 Å². The van der Waals surface area contributed by atoms with Gasteiger partial charge in [-0.15, -0.1) is 0 Å². The lowest BCUT2D eigenvalue weighted by Crippen LogP contribution is -2.63. The summed E-state index contributed by atoms with van der Waals surface area (Å²) in [6, 6.07) is 0. The van der Waals surface area contributed by atoms with Gasteiger partial charge in [-0.25, -0.2) is 4.39 Å². The van der Waals surface area contributed by atoms with Crippen molar-refractivity contribution in [2.24, 2.45) is 23.7 Å². The fraction of sp³-hybridized carbons (Fsp3) is 0.875. The lowest BCUT2D eigenvalue weighted by molar-refractivity contribution is -0.373. The molecule has 0 aromatic rings. The number of esters is 8. The van der Waals surface area contributed by atoms with Gasteiger partial charge in [0, 0.05) is 79.1 Å². The highest BCUT2D eigenvalue weighted by atomic mass is 28.4. The number of hydrogen-bond donors (Lipinski definition) is 8. The van der Waals surface area contributed by atoms with Crippen LogP contribution in [0, 0.1) is 23.7 Å². The summed E-state index contributed by atoms with van der Waals surface area (Å²) >= 11 is 0. The number of halogens is 1. The van der Waals surface area contributed by atoms with Gasteiger partial charge in [0.15, 0.2) is 58.0 Å². The van der Waals surface area contributed by atoms with Gasteiger partial charge in [-0.05, 0) is 31.0 Å². The van der Waals surface area contributed by atoms with Gasteiger partial charge < -0.3 is 126 Å². The summed E-state index contributed by atoms with van der Waals surface area (Å²) in [4.78, 5) is 95.1. The van der Waals surface area contributed by atoms with Crippen LogP contribution in [0.25, 0.3) is 0 Å². The topological polar surface area (TPSA) is 465 Å². The molecule has 100 heavy (non-hydrogen) atoms. The van der Waals surface area contributed by atoms with Crippen molar-refractivity contribution in [2.45, 2.75) is 309 Å². The number of alkyl halides is 1. The van der Waals surface area contributed by atoms with Gasteiger partial charge in [-0.2, -0.15) is 0 Å². The molecule has 0 aliphatic carbocycles. The van der Waals surface area contributed by atoms with E-state index < -0.39 is 235 Å². The number of carbonyl (C=O) groups excluding carboxylic acids is 8. The van der Waals surface area contributed by atoms with E-state index >= 15 is 0 Å². The first kappa shape index (κ1) is 87.6. The minimum Gasteiger partial charge on any atom is -0.463 e. The molecule has 8 N–H and O–H groups in total. The van der Waals surface area contributed by atoms with E-state index in [9.17, 15) is 73.4 Å². The summed E-state index contributed by atoms with van der Waals surface area (Å²) in [6.45, 7) is 29.5. The largest absolute Gasteiger partial charge is 0.463 e. The molecule has 578 valence electrons. The van der Waals surface area contributed by atoms with E-state index in [4.69, 9.17) is 95.2 Å². The molecule has 6 aliphatic heterocycles. The van der Waals surface area contributed by atoms with E-state index in [-0.39, 0.29) is 36.2 Å². The van der Waals surface area contributed by atoms with Gasteiger partial charge in [-0.1, -0.05) is 62.3 Å². The van der Waals surface area contributed by atoms with Crippen molar-refractivity contribution < 1.29 is 169 Å². The number of aliphatic hydroxyl groups excluding tert-OH is 8. The Morgan fingerprint density at radius 2 is 0.700 bits per heavy atom. The summed E-state index contributed by atoms with van der Waals surface area (Å²) in [6.07, 6.45) is -31.3. The standard InChI is InChI=1S/C29H50O12Si.C23H36O12.C12H21FO10/c1-13-21-15(2)23(35-17(4)30)26(38-20(7)33)28(39-21)41-27-16(3)24(36-18(5)31)25(37-19(6)32)22(40-27)14-34-42(11,12)29(8,9)10;1-8-16-10(2)20(31-14(6)26)21(32-15(7)27)23(33-16)35-22-11(3)19(30-13(5)25)18(28)17(34-22)9-29-12(4)24;13-5-3(1-14)21-11(9(19)7(5)17)23-12-10(20)8(18)6(16)4(2-15)22-12/h15-16,21-28H,13-14H2,1-12H3;10-11,16-23,28H,8-9H2,1-7H3;3-12,14-20H,1-2H2/t15-,16?,21?,22?,23+,24?,25-,26?,27-,28-;10-,11?,16?,17?,18-,19?,20+,21?,22-,23-;3?,4?,5-,6+,7?,8-,9?,10?,11+,12+/m110/s1. The summed E-state index contributed by atoms with van der Waals surface area (Å²) in [7, 11) is -2.27. The third-order valence-electron chi connectivity index (χ3n) is 18.2. The second-order valence-corrected chi connectivity index (χ2v) is 31.9. The van der Waals surface area contributed by atoms with Gasteiger partial charge in [0.25, 0.3) is 0 Å².